The summed E-state index contributed by atoms with van der Waals surface area (Å²) >= 11 is 0. The fourth-order valence-corrected chi connectivity index (χ4v) is 3.88. The van der Waals surface area contributed by atoms with Crippen molar-refractivity contribution in [3.8, 4) is 11.8 Å². The van der Waals surface area contributed by atoms with Crippen molar-refractivity contribution in [1.29, 1.82) is 0 Å². The molecule has 0 aliphatic rings. The third-order valence-corrected chi connectivity index (χ3v) is 5.25. The first-order chi connectivity index (χ1) is 14.7. The molecule has 0 N–H and O–H groups in total. The van der Waals surface area contributed by atoms with E-state index in [0.29, 0.717) is 0 Å². The van der Waals surface area contributed by atoms with Gasteiger partial charge in [-0.1, -0.05) is 116 Å². The first kappa shape index (κ1) is 21.4. The second kappa shape index (κ2) is 10.5. The zero-order valence-electron chi connectivity index (χ0n) is 17.7. The van der Waals surface area contributed by atoms with Crippen LogP contribution in [0.1, 0.15) is 49.8 Å². The summed E-state index contributed by atoms with van der Waals surface area (Å²) in [5.41, 5.74) is 2.38. The van der Waals surface area contributed by atoms with Crippen molar-refractivity contribution in [1.82, 2.24) is 0 Å². The van der Waals surface area contributed by atoms with Gasteiger partial charge in [0.2, 0.25) is 0 Å². The van der Waals surface area contributed by atoms with Crippen molar-refractivity contribution < 1.29 is 9.53 Å². The van der Waals surface area contributed by atoms with Gasteiger partial charge in [0.05, 0.1) is 5.41 Å². The van der Waals surface area contributed by atoms with Crippen molar-refractivity contribution >= 4 is 5.97 Å². The smallest absolute Gasteiger partial charge is 0.303 e. The van der Waals surface area contributed by atoms with Gasteiger partial charge >= 0.3 is 5.97 Å². The van der Waals surface area contributed by atoms with Crippen molar-refractivity contribution in [2.45, 2.75) is 44.6 Å². The highest BCUT2D eigenvalue weighted by atomic mass is 16.5. The Balaban J connectivity index is 2.33. The minimum absolute atomic E-state index is 0.336. The van der Waals surface area contributed by atoms with Crippen molar-refractivity contribution in [3.05, 3.63) is 108 Å². The van der Waals surface area contributed by atoms with E-state index in [1.54, 1.807) is 0 Å². The number of carbonyl (C=O) groups is 1. The molecule has 3 aromatic carbocycles. The number of carbonyl (C=O) groups excluding carboxylic acids is 1. The minimum atomic E-state index is -0.741. The molecule has 1 atom stereocenters. The summed E-state index contributed by atoms with van der Waals surface area (Å²) in [6, 6.07) is 30.6. The molecule has 0 saturated heterocycles. The standard InChI is InChI=1S/C28H28O2/c1-3-4-5-15-22-27(30-23(2)29)28(24-16-9-6-10-17-24,25-18-11-7-12-19-25)26-20-13-8-14-21-26/h6-14,16-21,27H,3-5H2,1-2H3. The van der Waals surface area contributed by atoms with E-state index < -0.39 is 11.5 Å². The lowest BCUT2D eigenvalue weighted by Gasteiger charge is -2.39. The van der Waals surface area contributed by atoms with Gasteiger partial charge in [0, 0.05) is 13.3 Å². The van der Waals surface area contributed by atoms with E-state index in [1.165, 1.54) is 6.92 Å². The van der Waals surface area contributed by atoms with Crippen LogP contribution in [-0.4, -0.2) is 12.1 Å². The highest BCUT2D eigenvalue weighted by Crippen LogP contribution is 2.43. The minimum Gasteiger partial charge on any atom is -0.448 e. The predicted octanol–water partition coefficient (Wildman–Crippen LogP) is 6.15. The van der Waals surface area contributed by atoms with E-state index in [0.717, 1.165) is 36.0 Å². The summed E-state index contributed by atoms with van der Waals surface area (Å²) in [7, 11) is 0. The summed E-state index contributed by atoms with van der Waals surface area (Å²) in [5.74, 6) is 6.27. The molecule has 3 rings (SSSR count). The van der Waals surface area contributed by atoms with Crippen LogP contribution in [0.2, 0.25) is 0 Å². The Labute approximate surface area is 179 Å². The molecule has 0 aliphatic carbocycles. The quantitative estimate of drug-likeness (QED) is 0.207. The second-order valence-corrected chi connectivity index (χ2v) is 7.32. The topological polar surface area (TPSA) is 26.3 Å². The fraction of sp³-hybridized carbons (Fsp3) is 0.250. The molecule has 0 heterocycles. The Bertz CT molecular complexity index is 886. The first-order valence-electron chi connectivity index (χ1n) is 10.5. The summed E-state index contributed by atoms with van der Waals surface area (Å²) < 4.78 is 5.95. The molecule has 0 amide bonds. The van der Waals surface area contributed by atoms with Gasteiger partial charge in [-0.05, 0) is 23.1 Å². The van der Waals surface area contributed by atoms with Gasteiger partial charge in [-0.15, -0.1) is 0 Å². The summed E-state index contributed by atoms with van der Waals surface area (Å²) in [5, 5.41) is 0. The van der Waals surface area contributed by atoms with Crippen LogP contribution in [0.15, 0.2) is 91.0 Å². The maximum Gasteiger partial charge on any atom is 0.303 e. The number of hydrogen-bond acceptors (Lipinski definition) is 2. The van der Waals surface area contributed by atoms with Crippen LogP contribution in [0.3, 0.4) is 0 Å². The molecule has 2 nitrogen and oxygen atoms in total. The van der Waals surface area contributed by atoms with Crippen LogP contribution in [0.4, 0.5) is 0 Å². The molecule has 0 saturated carbocycles. The average Bonchev–Trinajstić information content (AvgIpc) is 2.79. The number of hydrogen-bond donors (Lipinski definition) is 0. The molecular formula is C28H28O2. The molecule has 3 aromatic rings. The maximum absolute atomic E-state index is 12.2. The molecule has 0 aromatic heterocycles. The average molecular weight is 397 g/mol. The lowest BCUT2D eigenvalue weighted by atomic mass is 9.65. The second-order valence-electron chi connectivity index (χ2n) is 7.32. The van der Waals surface area contributed by atoms with E-state index in [4.69, 9.17) is 4.74 Å². The third-order valence-electron chi connectivity index (χ3n) is 5.25. The van der Waals surface area contributed by atoms with Gasteiger partial charge in [0.25, 0.3) is 0 Å². The van der Waals surface area contributed by atoms with E-state index >= 15 is 0 Å². The van der Waals surface area contributed by atoms with Gasteiger partial charge in [-0.2, -0.15) is 0 Å². The maximum atomic E-state index is 12.2. The summed E-state index contributed by atoms with van der Waals surface area (Å²) in [4.78, 5) is 12.2. The van der Waals surface area contributed by atoms with Crippen molar-refractivity contribution in [3.63, 3.8) is 0 Å². The van der Waals surface area contributed by atoms with E-state index in [2.05, 4.69) is 55.2 Å². The van der Waals surface area contributed by atoms with Crippen LogP contribution in [-0.2, 0) is 14.9 Å². The Morgan fingerprint density at radius 3 is 1.63 bits per heavy atom. The van der Waals surface area contributed by atoms with Crippen LogP contribution < -0.4 is 0 Å². The number of unbranched alkanes of at least 4 members (excludes halogenated alkanes) is 2. The monoisotopic (exact) mass is 396 g/mol. The molecule has 152 valence electrons. The van der Waals surface area contributed by atoms with Crippen LogP contribution in [0.25, 0.3) is 0 Å². The van der Waals surface area contributed by atoms with E-state index in [-0.39, 0.29) is 5.97 Å². The zero-order chi connectivity index (χ0) is 21.2. The largest absolute Gasteiger partial charge is 0.448 e. The van der Waals surface area contributed by atoms with E-state index in [9.17, 15) is 4.79 Å². The molecule has 2 heteroatoms. The van der Waals surface area contributed by atoms with Crippen LogP contribution in [0, 0.1) is 11.8 Å². The number of ether oxygens (including phenoxy) is 1. The fourth-order valence-electron chi connectivity index (χ4n) is 3.88. The summed E-state index contributed by atoms with van der Waals surface area (Å²) in [6.45, 7) is 3.60. The molecule has 0 spiro atoms. The highest BCUT2D eigenvalue weighted by Gasteiger charge is 2.45. The lowest BCUT2D eigenvalue weighted by Crippen LogP contribution is -2.43. The molecule has 0 aliphatic heterocycles. The molecular weight excluding hydrogens is 368 g/mol. The van der Waals surface area contributed by atoms with Gasteiger partial charge in [-0.3, -0.25) is 4.79 Å². The molecule has 30 heavy (non-hydrogen) atoms. The normalized spacial score (nSPS) is 11.8. The molecule has 0 fully saturated rings. The molecule has 0 radical (unpaired) electrons. The Kier molecular flexibility index (Phi) is 7.46. The van der Waals surface area contributed by atoms with Crippen molar-refractivity contribution in [2.24, 2.45) is 0 Å². The van der Waals surface area contributed by atoms with Gasteiger partial charge in [0.15, 0.2) is 6.10 Å². The predicted molar refractivity (Wildman–Crippen MR) is 122 cm³/mol. The molecule has 1 unspecified atom stereocenters. The van der Waals surface area contributed by atoms with Gasteiger partial charge in [0.1, 0.15) is 0 Å². The van der Waals surface area contributed by atoms with Gasteiger partial charge < -0.3 is 4.74 Å². The number of rotatable bonds is 7. The lowest BCUT2D eigenvalue weighted by molar-refractivity contribution is -0.145. The summed E-state index contributed by atoms with van der Waals surface area (Å²) in [6.07, 6.45) is 2.23. The van der Waals surface area contributed by atoms with E-state index in [1.807, 2.05) is 54.6 Å². The Morgan fingerprint density at radius 1 is 0.833 bits per heavy atom. The van der Waals surface area contributed by atoms with Crippen molar-refractivity contribution in [2.75, 3.05) is 0 Å². The first-order valence-corrected chi connectivity index (χ1v) is 10.5. The number of benzene rings is 3. The molecule has 0 bridgehead atoms. The van der Waals surface area contributed by atoms with Crippen LogP contribution in [0.5, 0.6) is 0 Å². The third kappa shape index (κ3) is 4.63. The number of esters is 1. The SMILES string of the molecule is CCCCC#CC(OC(C)=O)C(c1ccccc1)(c1ccccc1)c1ccccc1. The zero-order valence-corrected chi connectivity index (χ0v) is 17.7. The van der Waals surface area contributed by atoms with Gasteiger partial charge in [-0.25, -0.2) is 0 Å². The Hall–Kier alpha value is -3.31. The Morgan fingerprint density at radius 2 is 1.27 bits per heavy atom. The highest BCUT2D eigenvalue weighted by molar-refractivity contribution is 5.68. The van der Waals surface area contributed by atoms with Crippen LogP contribution >= 0.6 is 0 Å².